The highest BCUT2D eigenvalue weighted by molar-refractivity contribution is 5.97. The lowest BCUT2D eigenvalue weighted by Crippen LogP contribution is -2.35. The van der Waals surface area contributed by atoms with E-state index in [1.807, 2.05) is 48.5 Å². The minimum absolute atomic E-state index is 0.228. The largest absolute Gasteiger partial charge is 0.484 e. The van der Waals surface area contributed by atoms with Gasteiger partial charge in [-0.3, -0.25) is 14.4 Å². The van der Waals surface area contributed by atoms with Crippen LogP contribution in [0.15, 0.2) is 84.9 Å². The second-order valence-electron chi connectivity index (χ2n) is 6.50. The number of nitrogens with one attached hydrogen (secondary N) is 2. The van der Waals surface area contributed by atoms with Gasteiger partial charge in [0.25, 0.3) is 11.8 Å². The monoisotopic (exact) mass is 418 g/mol. The summed E-state index contributed by atoms with van der Waals surface area (Å²) < 4.78 is 10.2. The van der Waals surface area contributed by atoms with E-state index in [2.05, 4.69) is 10.6 Å². The third-order valence-electron chi connectivity index (χ3n) is 4.19. The molecule has 158 valence electrons. The van der Waals surface area contributed by atoms with Crippen LogP contribution in [0.4, 0.5) is 5.69 Å². The second kappa shape index (κ2) is 11.2. The molecule has 2 amide bonds. The summed E-state index contributed by atoms with van der Waals surface area (Å²) in [4.78, 5) is 35.8. The molecule has 0 aliphatic heterocycles. The Morgan fingerprint density at radius 2 is 1.35 bits per heavy atom. The van der Waals surface area contributed by atoms with Crippen molar-refractivity contribution in [1.82, 2.24) is 5.32 Å². The Labute approximate surface area is 180 Å². The van der Waals surface area contributed by atoms with Crippen LogP contribution in [0.3, 0.4) is 0 Å². The number of anilines is 1. The van der Waals surface area contributed by atoms with Crippen molar-refractivity contribution in [1.29, 1.82) is 0 Å². The van der Waals surface area contributed by atoms with Crippen molar-refractivity contribution < 1.29 is 23.9 Å². The predicted octanol–water partition coefficient (Wildman–Crippen LogP) is 3.03. The lowest BCUT2D eigenvalue weighted by atomic mass is 10.0. The summed E-state index contributed by atoms with van der Waals surface area (Å²) in [6.45, 7) is -1.04. The van der Waals surface area contributed by atoms with Crippen molar-refractivity contribution in [2.24, 2.45) is 0 Å². The van der Waals surface area contributed by atoms with E-state index in [9.17, 15) is 14.4 Å². The fourth-order valence-corrected chi connectivity index (χ4v) is 2.73. The number of hydrogen-bond acceptors (Lipinski definition) is 5. The normalized spacial score (nSPS) is 10.1. The summed E-state index contributed by atoms with van der Waals surface area (Å²) in [5.41, 5.74) is 2.42. The minimum Gasteiger partial charge on any atom is -0.484 e. The summed E-state index contributed by atoms with van der Waals surface area (Å²) in [5.74, 6) is -1.12. The van der Waals surface area contributed by atoms with E-state index >= 15 is 0 Å². The van der Waals surface area contributed by atoms with Crippen molar-refractivity contribution in [3.8, 4) is 16.9 Å². The lowest BCUT2D eigenvalue weighted by molar-refractivity contribution is -0.147. The number of rotatable bonds is 9. The molecule has 0 radical (unpaired) electrons. The molecular formula is C24H22N2O5. The molecule has 3 aromatic carbocycles. The van der Waals surface area contributed by atoms with Gasteiger partial charge in [0, 0.05) is 11.3 Å². The van der Waals surface area contributed by atoms with Crippen LogP contribution in [0.2, 0.25) is 0 Å². The molecule has 0 heterocycles. The smallest absolute Gasteiger partial charge is 0.325 e. The van der Waals surface area contributed by atoms with Gasteiger partial charge in [-0.15, -0.1) is 0 Å². The van der Waals surface area contributed by atoms with E-state index in [1.54, 1.807) is 36.4 Å². The van der Waals surface area contributed by atoms with Gasteiger partial charge in [0.15, 0.2) is 13.2 Å². The van der Waals surface area contributed by atoms with E-state index in [1.165, 1.54) is 0 Å². The quantitative estimate of drug-likeness (QED) is 0.521. The van der Waals surface area contributed by atoms with Gasteiger partial charge >= 0.3 is 5.97 Å². The molecule has 31 heavy (non-hydrogen) atoms. The lowest BCUT2D eigenvalue weighted by Gasteiger charge is -2.12. The van der Waals surface area contributed by atoms with Crippen molar-refractivity contribution in [2.75, 3.05) is 25.1 Å². The fourth-order valence-electron chi connectivity index (χ4n) is 2.73. The van der Waals surface area contributed by atoms with E-state index in [-0.39, 0.29) is 13.2 Å². The van der Waals surface area contributed by atoms with Crippen LogP contribution in [-0.4, -0.2) is 37.5 Å². The summed E-state index contributed by atoms with van der Waals surface area (Å²) >= 11 is 0. The zero-order valence-corrected chi connectivity index (χ0v) is 16.7. The molecule has 7 heteroatoms. The SMILES string of the molecule is O=C(COc1ccccc1)NCC(=O)OCC(=O)Nc1ccccc1-c1ccccc1. The summed E-state index contributed by atoms with van der Waals surface area (Å²) in [6, 6.07) is 25.8. The first-order chi connectivity index (χ1) is 15.1. The number of carbonyl (C=O) groups excluding carboxylic acids is 3. The van der Waals surface area contributed by atoms with Gasteiger partial charge in [-0.25, -0.2) is 0 Å². The Balaban J connectivity index is 1.41. The van der Waals surface area contributed by atoms with Crippen molar-refractivity contribution in [2.45, 2.75) is 0 Å². The molecule has 0 atom stereocenters. The van der Waals surface area contributed by atoms with Gasteiger partial charge < -0.3 is 20.1 Å². The topological polar surface area (TPSA) is 93.7 Å². The third-order valence-corrected chi connectivity index (χ3v) is 4.19. The Hall–Kier alpha value is -4.13. The van der Waals surface area contributed by atoms with Crippen LogP contribution < -0.4 is 15.4 Å². The van der Waals surface area contributed by atoms with Crippen molar-refractivity contribution in [3.63, 3.8) is 0 Å². The second-order valence-corrected chi connectivity index (χ2v) is 6.50. The van der Waals surface area contributed by atoms with Crippen LogP contribution in [0.5, 0.6) is 5.75 Å². The zero-order valence-electron chi connectivity index (χ0n) is 16.7. The summed E-state index contributed by atoms with van der Waals surface area (Å²) in [6.07, 6.45) is 0. The van der Waals surface area contributed by atoms with Gasteiger partial charge in [0.05, 0.1) is 0 Å². The van der Waals surface area contributed by atoms with Crippen LogP contribution in [0.1, 0.15) is 0 Å². The maximum Gasteiger partial charge on any atom is 0.325 e. The average Bonchev–Trinajstić information content (AvgIpc) is 2.81. The molecule has 0 aromatic heterocycles. The number of amides is 2. The first-order valence-corrected chi connectivity index (χ1v) is 9.66. The Morgan fingerprint density at radius 1 is 0.710 bits per heavy atom. The number of hydrogen-bond donors (Lipinski definition) is 2. The predicted molar refractivity (Wildman–Crippen MR) is 116 cm³/mol. The van der Waals surface area contributed by atoms with E-state index in [0.717, 1.165) is 11.1 Å². The minimum atomic E-state index is -0.723. The van der Waals surface area contributed by atoms with Crippen molar-refractivity contribution >= 4 is 23.5 Å². The maximum atomic E-state index is 12.2. The molecule has 3 aromatic rings. The van der Waals surface area contributed by atoms with Gasteiger partial charge in [-0.05, 0) is 23.8 Å². The number of carbonyl (C=O) groups is 3. The van der Waals surface area contributed by atoms with Crippen LogP contribution >= 0.6 is 0 Å². The molecule has 3 rings (SSSR count). The standard InChI is InChI=1S/C24H22N2O5/c27-22(16-30-19-11-5-2-6-12-19)25-15-24(29)31-17-23(28)26-21-14-8-7-13-20(21)18-9-3-1-4-10-18/h1-14H,15-17H2,(H,25,27)(H,26,28). The molecule has 0 saturated carbocycles. The molecule has 0 bridgehead atoms. The Morgan fingerprint density at radius 3 is 2.10 bits per heavy atom. The molecule has 0 aliphatic carbocycles. The molecule has 2 N–H and O–H groups in total. The molecular weight excluding hydrogens is 396 g/mol. The summed E-state index contributed by atoms with van der Waals surface area (Å²) in [5, 5.41) is 5.13. The van der Waals surface area contributed by atoms with Crippen molar-refractivity contribution in [3.05, 3.63) is 84.9 Å². The maximum absolute atomic E-state index is 12.2. The highest BCUT2D eigenvalue weighted by Gasteiger charge is 2.12. The van der Waals surface area contributed by atoms with Crippen LogP contribution in [0.25, 0.3) is 11.1 Å². The molecule has 0 unspecified atom stereocenters. The van der Waals surface area contributed by atoms with E-state index in [0.29, 0.717) is 11.4 Å². The van der Waals surface area contributed by atoms with E-state index in [4.69, 9.17) is 9.47 Å². The van der Waals surface area contributed by atoms with Gasteiger partial charge in [0.2, 0.25) is 0 Å². The van der Waals surface area contributed by atoms with Gasteiger partial charge in [0.1, 0.15) is 12.3 Å². The Bertz CT molecular complexity index is 1020. The zero-order chi connectivity index (χ0) is 21.9. The number of esters is 1. The first-order valence-electron chi connectivity index (χ1n) is 9.66. The molecule has 0 aliphatic rings. The third kappa shape index (κ3) is 7.01. The summed E-state index contributed by atoms with van der Waals surface area (Å²) in [7, 11) is 0. The number of ether oxygens (including phenoxy) is 2. The van der Waals surface area contributed by atoms with Gasteiger partial charge in [-0.2, -0.15) is 0 Å². The average molecular weight is 418 g/mol. The highest BCUT2D eigenvalue weighted by Crippen LogP contribution is 2.27. The van der Waals surface area contributed by atoms with E-state index < -0.39 is 24.4 Å². The van der Waals surface area contributed by atoms with Crippen LogP contribution in [-0.2, 0) is 19.1 Å². The fraction of sp³-hybridized carbons (Fsp3) is 0.125. The molecule has 7 nitrogen and oxygen atoms in total. The van der Waals surface area contributed by atoms with Gasteiger partial charge in [-0.1, -0.05) is 66.7 Å². The molecule has 0 fully saturated rings. The number of benzene rings is 3. The highest BCUT2D eigenvalue weighted by atomic mass is 16.5. The molecule has 0 spiro atoms. The van der Waals surface area contributed by atoms with Crippen LogP contribution in [0, 0.1) is 0 Å². The first kappa shape index (κ1) is 21.6. The molecule has 0 saturated heterocycles. The number of para-hydroxylation sites is 2. The Kier molecular flexibility index (Phi) is 7.77.